The maximum atomic E-state index is 14.2. The van der Waals surface area contributed by atoms with Crippen molar-refractivity contribution in [2.24, 2.45) is 7.05 Å². The van der Waals surface area contributed by atoms with Crippen LogP contribution in [0.4, 0.5) is 10.3 Å². The second-order valence-corrected chi connectivity index (χ2v) is 9.73. The quantitative estimate of drug-likeness (QED) is 0.602. The lowest BCUT2D eigenvalue weighted by Gasteiger charge is -2.37. The summed E-state index contributed by atoms with van der Waals surface area (Å²) in [7, 11) is 1.69. The monoisotopic (exact) mass is 462 g/mol. The van der Waals surface area contributed by atoms with Gasteiger partial charge in [-0.05, 0) is 61.4 Å². The first-order chi connectivity index (χ1) is 16.5. The average Bonchev–Trinajstić information content (AvgIpc) is 3.62. The van der Waals surface area contributed by atoms with Gasteiger partial charge < -0.3 is 19.9 Å². The number of pyridine rings is 1. The van der Waals surface area contributed by atoms with Crippen molar-refractivity contribution in [3.05, 3.63) is 53.1 Å². The molecule has 176 valence electrons. The molecule has 3 fully saturated rings. The fraction of sp³-hybridized carbons (Fsp3) is 0.440. The zero-order valence-electron chi connectivity index (χ0n) is 18.9. The minimum atomic E-state index is -0.776. The molecule has 2 saturated heterocycles. The number of alkyl halides is 1. The van der Waals surface area contributed by atoms with Gasteiger partial charge in [0.05, 0.1) is 6.20 Å². The second-order valence-electron chi connectivity index (χ2n) is 9.73. The summed E-state index contributed by atoms with van der Waals surface area (Å²) in [6, 6.07) is 9.32. The molecule has 0 amide bonds. The number of piperidine rings is 1. The molecule has 34 heavy (non-hydrogen) atoms. The van der Waals surface area contributed by atoms with E-state index in [1.165, 1.54) is 10.6 Å². The maximum Gasteiger partial charge on any atom is 0.250 e. The van der Waals surface area contributed by atoms with Crippen LogP contribution < -0.4 is 15.8 Å². The van der Waals surface area contributed by atoms with Crippen molar-refractivity contribution in [3.63, 3.8) is 0 Å². The normalized spacial score (nSPS) is 25.9. The average molecular weight is 463 g/mol. The first-order valence-electron chi connectivity index (χ1n) is 11.8. The Morgan fingerprint density at radius 3 is 2.59 bits per heavy atom. The predicted molar refractivity (Wildman–Crippen MR) is 126 cm³/mol. The Labute approximate surface area is 196 Å². The summed E-state index contributed by atoms with van der Waals surface area (Å²) in [5, 5.41) is 22.9. The highest BCUT2D eigenvalue weighted by atomic mass is 19.1. The Bertz CT molecular complexity index is 1270. The topological polar surface area (TPSA) is 96.2 Å². The van der Waals surface area contributed by atoms with Gasteiger partial charge in [-0.25, -0.2) is 9.37 Å². The number of nitrogens with one attached hydrogen (secondary N) is 1. The van der Waals surface area contributed by atoms with E-state index in [0.29, 0.717) is 29.7 Å². The summed E-state index contributed by atoms with van der Waals surface area (Å²) in [5.74, 6) is 0.620. The van der Waals surface area contributed by atoms with Crippen LogP contribution >= 0.6 is 0 Å². The number of nitrogens with zero attached hydrogens (tertiary/aromatic N) is 5. The molecule has 6 rings (SSSR count). The van der Waals surface area contributed by atoms with Crippen molar-refractivity contribution < 1.29 is 9.50 Å². The highest BCUT2D eigenvalue weighted by molar-refractivity contribution is 5.73. The number of rotatable bonds is 5. The van der Waals surface area contributed by atoms with Gasteiger partial charge in [0.2, 0.25) is 5.95 Å². The Hall–Kier alpha value is -3.33. The summed E-state index contributed by atoms with van der Waals surface area (Å²) >= 11 is 0. The number of hydrogen-bond acceptors (Lipinski definition) is 7. The number of phenolic OH excluding ortho intramolecular Hbond substituents is 1. The van der Waals surface area contributed by atoms with Crippen LogP contribution in [0.25, 0.3) is 22.4 Å². The van der Waals surface area contributed by atoms with Crippen LogP contribution in [0.2, 0.25) is 0 Å². The van der Waals surface area contributed by atoms with Gasteiger partial charge in [0.15, 0.2) is 0 Å². The van der Waals surface area contributed by atoms with Gasteiger partial charge in [-0.2, -0.15) is 0 Å². The van der Waals surface area contributed by atoms with Gasteiger partial charge in [0.1, 0.15) is 17.6 Å². The van der Waals surface area contributed by atoms with Crippen LogP contribution in [0, 0.1) is 0 Å². The fourth-order valence-electron chi connectivity index (χ4n) is 5.38. The summed E-state index contributed by atoms with van der Waals surface area (Å²) in [6.45, 7) is 0. The van der Waals surface area contributed by atoms with E-state index in [0.717, 1.165) is 36.8 Å². The van der Waals surface area contributed by atoms with Crippen molar-refractivity contribution in [3.8, 4) is 28.1 Å². The molecule has 1 saturated carbocycles. The highest BCUT2D eigenvalue weighted by Gasteiger charge is 2.46. The summed E-state index contributed by atoms with van der Waals surface area (Å²) in [5.41, 5.74) is 2.36. The number of phenols is 1. The zero-order chi connectivity index (χ0) is 23.4. The van der Waals surface area contributed by atoms with Crippen molar-refractivity contribution in [1.29, 1.82) is 0 Å². The van der Waals surface area contributed by atoms with Crippen LogP contribution in [-0.4, -0.2) is 55.2 Å². The van der Waals surface area contributed by atoms with Gasteiger partial charge in [-0.3, -0.25) is 4.79 Å². The third-order valence-electron chi connectivity index (χ3n) is 7.30. The number of aromatic nitrogens is 4. The van der Waals surface area contributed by atoms with Crippen LogP contribution in [0.1, 0.15) is 32.1 Å². The molecule has 0 radical (unpaired) electrons. The smallest absolute Gasteiger partial charge is 0.250 e. The van der Waals surface area contributed by atoms with Gasteiger partial charge in [0, 0.05) is 49.0 Å². The largest absolute Gasteiger partial charge is 0.507 e. The number of anilines is 1. The lowest BCUT2D eigenvalue weighted by atomic mass is 9.98. The summed E-state index contributed by atoms with van der Waals surface area (Å²) < 4.78 is 15.7. The molecule has 4 atom stereocenters. The van der Waals surface area contributed by atoms with Gasteiger partial charge in [-0.1, -0.05) is 6.07 Å². The number of aromatic hydroxyl groups is 1. The molecule has 3 aliphatic rings. The third-order valence-corrected chi connectivity index (χ3v) is 7.30. The van der Waals surface area contributed by atoms with Crippen molar-refractivity contribution >= 4 is 5.95 Å². The number of benzene rings is 1. The fourth-order valence-corrected chi connectivity index (χ4v) is 5.38. The minimum Gasteiger partial charge on any atom is -0.507 e. The molecule has 3 aromatic rings. The molecular weight excluding hydrogens is 435 g/mol. The molecule has 9 heteroatoms. The Morgan fingerprint density at radius 2 is 1.91 bits per heavy atom. The highest BCUT2D eigenvalue weighted by Crippen LogP contribution is 2.39. The van der Waals surface area contributed by atoms with E-state index in [1.54, 1.807) is 31.6 Å². The SMILES string of the molecule is Cn1ccc(-c2ccc(-c3cnc(N(C4CC4)[C@H]4C[C@@H]5C[C@@H](F)[C@@H](C4)N5)nn3)c(O)c2)cc1=O. The van der Waals surface area contributed by atoms with Gasteiger partial charge in [0.25, 0.3) is 5.56 Å². The molecule has 2 bridgehead atoms. The summed E-state index contributed by atoms with van der Waals surface area (Å²) in [4.78, 5) is 18.8. The van der Waals surface area contributed by atoms with Crippen LogP contribution in [0.15, 0.2) is 47.5 Å². The second kappa shape index (κ2) is 8.16. The molecule has 2 aliphatic heterocycles. The van der Waals surface area contributed by atoms with Crippen LogP contribution in [-0.2, 0) is 7.05 Å². The van der Waals surface area contributed by atoms with Crippen molar-refractivity contribution in [2.45, 2.75) is 62.4 Å². The molecule has 2 N–H and O–H groups in total. The molecule has 0 spiro atoms. The first-order valence-corrected chi connectivity index (χ1v) is 11.8. The minimum absolute atomic E-state index is 0.0463. The lowest BCUT2D eigenvalue weighted by molar-refractivity contribution is 0.271. The van der Waals surface area contributed by atoms with E-state index >= 15 is 0 Å². The number of fused-ring (bicyclic) bond motifs is 2. The lowest BCUT2D eigenvalue weighted by Crippen LogP contribution is -2.50. The van der Waals surface area contributed by atoms with E-state index in [9.17, 15) is 14.3 Å². The zero-order valence-corrected chi connectivity index (χ0v) is 18.9. The number of aryl methyl sites for hydroxylation is 1. The Balaban J connectivity index is 1.25. The Kier molecular flexibility index (Phi) is 5.09. The van der Waals surface area contributed by atoms with E-state index in [-0.39, 0.29) is 29.4 Å². The van der Waals surface area contributed by atoms with E-state index in [4.69, 9.17) is 0 Å². The first kappa shape index (κ1) is 21.2. The standard InChI is InChI=1S/C25H27FN6O2/c1-31-7-6-15(9-24(31)34)14-2-5-19(23(33)8-14)22-13-27-25(30-29-22)32(17-3-4-17)18-10-16-11-20(26)21(12-18)28-16/h2,5-9,13,16-18,20-21,28,33H,3-4,10-12H2,1H3/t16-,18+,20-,21-/m1/s1. The number of hydrogen-bond donors (Lipinski definition) is 2. The van der Waals surface area contributed by atoms with Gasteiger partial charge in [-0.15, -0.1) is 10.2 Å². The van der Waals surface area contributed by atoms with E-state index < -0.39 is 6.17 Å². The van der Waals surface area contributed by atoms with Crippen LogP contribution in [0.5, 0.6) is 5.75 Å². The predicted octanol–water partition coefficient (Wildman–Crippen LogP) is 2.81. The molecule has 4 heterocycles. The third kappa shape index (κ3) is 3.83. The van der Waals surface area contributed by atoms with Gasteiger partial charge >= 0.3 is 0 Å². The molecule has 1 aromatic carbocycles. The summed E-state index contributed by atoms with van der Waals surface area (Å²) in [6.07, 6.45) is 6.98. The van der Waals surface area contributed by atoms with E-state index in [1.807, 2.05) is 12.1 Å². The van der Waals surface area contributed by atoms with Crippen LogP contribution in [0.3, 0.4) is 0 Å². The molecule has 2 aromatic heterocycles. The maximum absolute atomic E-state index is 14.2. The van der Waals surface area contributed by atoms with E-state index in [2.05, 4.69) is 25.4 Å². The molecule has 0 unspecified atom stereocenters. The molecule has 1 aliphatic carbocycles. The Morgan fingerprint density at radius 1 is 1.09 bits per heavy atom. The molecule has 8 nitrogen and oxygen atoms in total. The number of halogens is 1. The van der Waals surface area contributed by atoms with Crippen molar-refractivity contribution in [2.75, 3.05) is 4.90 Å². The molecular formula is C25H27FN6O2. The van der Waals surface area contributed by atoms with Crippen molar-refractivity contribution in [1.82, 2.24) is 25.1 Å².